The first-order valence-corrected chi connectivity index (χ1v) is 8.62. The van der Waals surface area contributed by atoms with Crippen LogP contribution in [0.2, 0.25) is 5.02 Å². The molecule has 1 amide bonds. The molecule has 130 valence electrons. The molecule has 2 aromatic rings. The number of carbonyl (C=O) groups is 3. The van der Waals surface area contributed by atoms with Crippen LogP contribution >= 0.6 is 23.2 Å². The fourth-order valence-corrected chi connectivity index (χ4v) is 2.63. The molecule has 6 heteroatoms. The topological polar surface area (TPSA) is 54.5 Å². The second-order valence-corrected chi connectivity index (χ2v) is 6.30. The number of benzene rings is 2. The lowest BCUT2D eigenvalue weighted by Gasteiger charge is -2.16. The Morgan fingerprint density at radius 2 is 1.68 bits per heavy atom. The Hall–Kier alpha value is -2.17. The molecule has 0 saturated carbocycles. The predicted molar refractivity (Wildman–Crippen MR) is 98.6 cm³/mol. The summed E-state index contributed by atoms with van der Waals surface area (Å²) >= 11 is 11.6. The van der Waals surface area contributed by atoms with Crippen molar-refractivity contribution in [1.29, 1.82) is 0 Å². The number of carbonyl (C=O) groups excluding carboxylic acids is 3. The van der Waals surface area contributed by atoms with Gasteiger partial charge in [-0.2, -0.15) is 0 Å². The first kappa shape index (κ1) is 19.2. The van der Waals surface area contributed by atoms with Gasteiger partial charge in [0.15, 0.2) is 5.78 Å². The molecule has 0 atom stereocenters. The number of amides is 1. The number of nitrogens with zero attached hydrogens (tertiary/aromatic N) is 1. The molecule has 0 fully saturated rings. The van der Waals surface area contributed by atoms with Crippen molar-refractivity contribution in [2.75, 3.05) is 19.5 Å². The average Bonchev–Trinajstić information content (AvgIpc) is 2.64. The van der Waals surface area contributed by atoms with Gasteiger partial charge < -0.3 is 4.90 Å². The Balaban J connectivity index is 2.37. The summed E-state index contributed by atoms with van der Waals surface area (Å²) < 4.78 is 0. The van der Waals surface area contributed by atoms with E-state index in [0.29, 0.717) is 29.4 Å². The van der Waals surface area contributed by atoms with Crippen molar-refractivity contribution in [2.24, 2.45) is 0 Å². The number of halogens is 2. The zero-order chi connectivity index (χ0) is 18.4. The second kappa shape index (κ2) is 8.79. The largest absolute Gasteiger partial charge is 0.339 e. The standard InChI is InChI=1S/C19H17Cl2NO3/c1-22(11-5-10-20)19(25)18(24)15-9-8-14(21)12-16(15)17(23)13-6-3-2-4-7-13/h2-4,6-9,12H,5,10-11H2,1H3. The Kier molecular flexibility index (Phi) is 6.73. The average molecular weight is 378 g/mol. The number of alkyl halides is 1. The first-order chi connectivity index (χ1) is 12.0. The molecule has 0 aliphatic rings. The molecule has 4 nitrogen and oxygen atoms in total. The van der Waals surface area contributed by atoms with Crippen LogP contribution in [0.4, 0.5) is 0 Å². The van der Waals surface area contributed by atoms with Crippen LogP contribution in [-0.2, 0) is 4.79 Å². The van der Waals surface area contributed by atoms with E-state index in [1.165, 1.54) is 30.1 Å². The van der Waals surface area contributed by atoms with Crippen LogP contribution in [0.5, 0.6) is 0 Å². The van der Waals surface area contributed by atoms with Crippen molar-refractivity contribution >= 4 is 40.7 Å². The van der Waals surface area contributed by atoms with Gasteiger partial charge in [-0.1, -0.05) is 41.9 Å². The van der Waals surface area contributed by atoms with E-state index in [-0.39, 0.29) is 16.9 Å². The van der Waals surface area contributed by atoms with Gasteiger partial charge in [-0.3, -0.25) is 14.4 Å². The van der Waals surface area contributed by atoms with Crippen LogP contribution in [0.15, 0.2) is 48.5 Å². The van der Waals surface area contributed by atoms with E-state index in [1.807, 2.05) is 0 Å². The van der Waals surface area contributed by atoms with Crippen LogP contribution in [0, 0.1) is 0 Å². The van der Waals surface area contributed by atoms with E-state index >= 15 is 0 Å². The van der Waals surface area contributed by atoms with E-state index in [1.54, 1.807) is 30.3 Å². The summed E-state index contributed by atoms with van der Waals surface area (Å²) in [6.45, 7) is 0.365. The maximum atomic E-state index is 12.7. The van der Waals surface area contributed by atoms with Gasteiger partial charge in [0, 0.05) is 41.2 Å². The van der Waals surface area contributed by atoms with Crippen LogP contribution in [0.25, 0.3) is 0 Å². The fraction of sp³-hybridized carbons (Fsp3) is 0.211. The summed E-state index contributed by atoms with van der Waals surface area (Å²) in [5, 5.41) is 0.318. The van der Waals surface area contributed by atoms with Crippen LogP contribution < -0.4 is 0 Å². The van der Waals surface area contributed by atoms with Crippen molar-refractivity contribution < 1.29 is 14.4 Å². The Morgan fingerprint density at radius 3 is 2.32 bits per heavy atom. The van der Waals surface area contributed by atoms with Gasteiger partial charge in [0.1, 0.15) is 0 Å². The third kappa shape index (κ3) is 4.68. The Morgan fingerprint density at radius 1 is 1.00 bits per heavy atom. The SMILES string of the molecule is CN(CCCCl)C(=O)C(=O)c1ccc(Cl)cc1C(=O)c1ccccc1. The second-order valence-electron chi connectivity index (χ2n) is 5.48. The van der Waals surface area contributed by atoms with Crippen molar-refractivity contribution in [3.63, 3.8) is 0 Å². The molecule has 25 heavy (non-hydrogen) atoms. The van der Waals surface area contributed by atoms with Gasteiger partial charge in [0.2, 0.25) is 0 Å². The minimum atomic E-state index is -0.743. The van der Waals surface area contributed by atoms with Crippen molar-refractivity contribution in [3.8, 4) is 0 Å². The van der Waals surface area contributed by atoms with E-state index in [4.69, 9.17) is 23.2 Å². The summed E-state index contributed by atoms with van der Waals surface area (Å²) in [6.07, 6.45) is 0.577. The molecule has 2 rings (SSSR count). The molecule has 2 aromatic carbocycles. The highest BCUT2D eigenvalue weighted by Gasteiger charge is 2.25. The molecule has 0 aromatic heterocycles. The lowest BCUT2D eigenvalue weighted by molar-refractivity contribution is -0.125. The molecule has 0 heterocycles. The molecule has 0 saturated heterocycles. The molecule has 0 bridgehead atoms. The lowest BCUT2D eigenvalue weighted by Crippen LogP contribution is -2.35. The van der Waals surface area contributed by atoms with Gasteiger partial charge in [-0.15, -0.1) is 11.6 Å². The molecule has 0 aliphatic heterocycles. The zero-order valence-corrected chi connectivity index (χ0v) is 15.2. The highest BCUT2D eigenvalue weighted by molar-refractivity contribution is 6.44. The Labute approximate surface area is 156 Å². The molecule has 0 unspecified atom stereocenters. The predicted octanol–water partition coefficient (Wildman–Crippen LogP) is 3.84. The number of likely N-dealkylation sites (N-methyl/N-ethyl adjacent to an activating group) is 1. The van der Waals surface area contributed by atoms with Crippen LogP contribution in [0.1, 0.15) is 32.7 Å². The van der Waals surface area contributed by atoms with Gasteiger partial charge in [-0.25, -0.2) is 0 Å². The van der Waals surface area contributed by atoms with Crippen molar-refractivity contribution in [1.82, 2.24) is 4.90 Å². The monoisotopic (exact) mass is 377 g/mol. The molecule has 0 spiro atoms. The number of ketones is 2. The number of rotatable bonds is 7. The van der Waals surface area contributed by atoms with E-state index in [0.717, 1.165) is 0 Å². The lowest BCUT2D eigenvalue weighted by atomic mass is 9.95. The third-order valence-electron chi connectivity index (χ3n) is 3.67. The maximum absolute atomic E-state index is 12.7. The van der Waals surface area contributed by atoms with Gasteiger partial charge >= 0.3 is 0 Å². The number of hydrogen-bond acceptors (Lipinski definition) is 3. The highest BCUT2D eigenvalue weighted by atomic mass is 35.5. The summed E-state index contributed by atoms with van der Waals surface area (Å²) in [4.78, 5) is 39.0. The van der Waals surface area contributed by atoms with E-state index < -0.39 is 11.7 Å². The van der Waals surface area contributed by atoms with Crippen molar-refractivity contribution in [2.45, 2.75) is 6.42 Å². The maximum Gasteiger partial charge on any atom is 0.294 e. The highest BCUT2D eigenvalue weighted by Crippen LogP contribution is 2.21. The third-order valence-corrected chi connectivity index (χ3v) is 4.18. The molecule has 0 radical (unpaired) electrons. The minimum absolute atomic E-state index is 0.0426. The number of Topliss-reactive ketones (excluding diaryl/α,β-unsaturated/α-hetero) is 1. The number of hydrogen-bond donors (Lipinski definition) is 0. The summed E-state index contributed by atoms with van der Waals surface area (Å²) in [5.74, 6) is -1.39. The van der Waals surface area contributed by atoms with Crippen LogP contribution in [0.3, 0.4) is 0 Å². The summed E-state index contributed by atoms with van der Waals surface area (Å²) in [5.41, 5.74) is 0.575. The Bertz CT molecular complexity index is 791. The zero-order valence-electron chi connectivity index (χ0n) is 13.7. The molecular weight excluding hydrogens is 361 g/mol. The fourth-order valence-electron chi connectivity index (χ4n) is 2.33. The molecule has 0 aliphatic carbocycles. The van der Waals surface area contributed by atoms with Gasteiger partial charge in [0.05, 0.1) is 0 Å². The van der Waals surface area contributed by atoms with E-state index in [2.05, 4.69) is 0 Å². The quantitative estimate of drug-likeness (QED) is 0.418. The smallest absolute Gasteiger partial charge is 0.294 e. The summed E-state index contributed by atoms with van der Waals surface area (Å²) in [7, 11) is 1.53. The molecular formula is C19H17Cl2NO3. The minimum Gasteiger partial charge on any atom is -0.339 e. The van der Waals surface area contributed by atoms with Crippen LogP contribution in [-0.4, -0.2) is 41.8 Å². The first-order valence-electron chi connectivity index (χ1n) is 7.70. The van der Waals surface area contributed by atoms with Crippen molar-refractivity contribution in [3.05, 3.63) is 70.2 Å². The van der Waals surface area contributed by atoms with E-state index in [9.17, 15) is 14.4 Å². The summed E-state index contributed by atoms with van der Waals surface area (Å²) in [6, 6.07) is 12.8. The normalized spacial score (nSPS) is 10.4. The van der Waals surface area contributed by atoms with Gasteiger partial charge in [0.25, 0.3) is 11.7 Å². The van der Waals surface area contributed by atoms with Gasteiger partial charge in [-0.05, 0) is 24.6 Å². The molecule has 0 N–H and O–H groups in total.